The van der Waals surface area contributed by atoms with Crippen molar-refractivity contribution in [1.82, 2.24) is 9.80 Å². The Morgan fingerprint density at radius 2 is 1.77 bits per heavy atom. The molecule has 0 bridgehead atoms. The molecule has 0 aliphatic carbocycles. The molecule has 0 unspecified atom stereocenters. The largest absolute Gasteiger partial charge is 0.423 e. The van der Waals surface area contributed by atoms with Crippen molar-refractivity contribution in [2.24, 2.45) is 0 Å². The number of aryl methyl sites for hydroxylation is 2. The molecule has 1 saturated heterocycles. The second-order valence-electron chi connectivity index (χ2n) is 5.64. The van der Waals surface area contributed by atoms with E-state index in [9.17, 15) is 14.4 Å². The molecule has 22 heavy (non-hydrogen) atoms. The van der Waals surface area contributed by atoms with Crippen LogP contribution in [-0.2, 0) is 11.3 Å². The molecule has 1 aliphatic heterocycles. The number of carbonyl (C=O) groups is 2. The lowest BCUT2D eigenvalue weighted by molar-refractivity contribution is -0.125. The van der Waals surface area contributed by atoms with Crippen molar-refractivity contribution in [2.75, 3.05) is 13.6 Å². The summed E-state index contributed by atoms with van der Waals surface area (Å²) in [6, 6.07) is 4.71. The van der Waals surface area contributed by atoms with Gasteiger partial charge in [-0.05, 0) is 42.7 Å². The van der Waals surface area contributed by atoms with Gasteiger partial charge in [0.1, 0.15) is 12.1 Å². The summed E-state index contributed by atoms with van der Waals surface area (Å²) in [7, 11) is 1.57. The fraction of sp³-hybridized carbons (Fsp3) is 0.312. The van der Waals surface area contributed by atoms with Crippen LogP contribution in [0.4, 0.5) is 4.79 Å². The number of rotatable bonds is 2. The molecule has 2 aromatic rings. The van der Waals surface area contributed by atoms with E-state index in [1.807, 2.05) is 19.9 Å². The van der Waals surface area contributed by atoms with E-state index in [1.54, 1.807) is 13.1 Å². The molecule has 0 atom stereocenters. The van der Waals surface area contributed by atoms with Crippen LogP contribution in [-0.4, -0.2) is 35.3 Å². The quantitative estimate of drug-likeness (QED) is 0.626. The standard InChI is InChI=1S/C16H16N2O4/c1-9-4-12-11(6-15(20)22-13(12)5-10(9)2)7-18-14(19)8-17(3)16(18)21/h4-6H,7-8H2,1-3H3. The number of nitrogens with zero attached hydrogens (tertiary/aromatic N) is 2. The van der Waals surface area contributed by atoms with Crippen LogP contribution in [0.25, 0.3) is 11.0 Å². The maximum Gasteiger partial charge on any atom is 0.336 e. The Hall–Kier alpha value is -2.63. The number of likely N-dealkylation sites (N-methyl/N-ethyl adjacent to an activating group) is 1. The van der Waals surface area contributed by atoms with Crippen LogP contribution in [0.2, 0.25) is 0 Å². The van der Waals surface area contributed by atoms with Gasteiger partial charge in [-0.25, -0.2) is 9.59 Å². The Morgan fingerprint density at radius 1 is 1.09 bits per heavy atom. The Kier molecular flexibility index (Phi) is 3.24. The summed E-state index contributed by atoms with van der Waals surface area (Å²) in [5.74, 6) is -0.266. The summed E-state index contributed by atoms with van der Waals surface area (Å²) >= 11 is 0. The van der Waals surface area contributed by atoms with Gasteiger partial charge in [-0.2, -0.15) is 0 Å². The van der Waals surface area contributed by atoms with Gasteiger partial charge in [-0.15, -0.1) is 0 Å². The van der Waals surface area contributed by atoms with Crippen LogP contribution < -0.4 is 5.63 Å². The van der Waals surface area contributed by atoms with Crippen LogP contribution in [0.5, 0.6) is 0 Å². The van der Waals surface area contributed by atoms with Gasteiger partial charge < -0.3 is 9.32 Å². The molecule has 0 saturated carbocycles. The normalized spacial score (nSPS) is 15.2. The second-order valence-corrected chi connectivity index (χ2v) is 5.64. The lowest BCUT2D eigenvalue weighted by atomic mass is 10.0. The zero-order valence-electron chi connectivity index (χ0n) is 12.7. The average molecular weight is 300 g/mol. The predicted molar refractivity (Wildman–Crippen MR) is 80.5 cm³/mol. The van der Waals surface area contributed by atoms with Crippen LogP contribution in [0.1, 0.15) is 16.7 Å². The molecule has 6 nitrogen and oxygen atoms in total. The summed E-state index contributed by atoms with van der Waals surface area (Å²) < 4.78 is 5.22. The van der Waals surface area contributed by atoms with E-state index in [-0.39, 0.29) is 25.0 Å². The SMILES string of the molecule is Cc1cc2oc(=O)cc(CN3C(=O)CN(C)C3=O)c2cc1C. The molecule has 0 radical (unpaired) electrons. The van der Waals surface area contributed by atoms with Gasteiger partial charge in [0.2, 0.25) is 0 Å². The third-order valence-corrected chi connectivity index (χ3v) is 4.00. The number of hydrogen-bond acceptors (Lipinski definition) is 4. The summed E-state index contributed by atoms with van der Waals surface area (Å²) in [6.45, 7) is 4.04. The molecule has 3 rings (SSSR count). The highest BCUT2D eigenvalue weighted by Crippen LogP contribution is 2.23. The van der Waals surface area contributed by atoms with Crippen molar-refractivity contribution in [3.8, 4) is 0 Å². The zero-order chi connectivity index (χ0) is 16.0. The average Bonchev–Trinajstić information content (AvgIpc) is 2.67. The van der Waals surface area contributed by atoms with Gasteiger partial charge in [0.05, 0.1) is 6.54 Å². The van der Waals surface area contributed by atoms with Crippen molar-refractivity contribution in [1.29, 1.82) is 0 Å². The van der Waals surface area contributed by atoms with Crippen molar-refractivity contribution >= 4 is 22.9 Å². The number of hydrogen-bond donors (Lipinski definition) is 0. The number of carbonyl (C=O) groups excluding carboxylic acids is 2. The Morgan fingerprint density at radius 3 is 2.41 bits per heavy atom. The third-order valence-electron chi connectivity index (χ3n) is 4.00. The molecule has 1 aliphatic rings. The van der Waals surface area contributed by atoms with E-state index >= 15 is 0 Å². The Balaban J connectivity index is 2.11. The molecule has 114 valence electrons. The molecule has 3 amide bonds. The minimum absolute atomic E-state index is 0.0658. The van der Waals surface area contributed by atoms with Crippen LogP contribution in [0.3, 0.4) is 0 Å². The minimum atomic E-state index is -0.488. The lowest BCUT2D eigenvalue weighted by Crippen LogP contribution is -2.31. The molecule has 6 heteroatoms. The van der Waals surface area contributed by atoms with Crippen molar-refractivity contribution < 1.29 is 14.0 Å². The summed E-state index contributed by atoms with van der Waals surface area (Å²) in [5.41, 5.74) is 2.67. The van der Waals surface area contributed by atoms with Gasteiger partial charge >= 0.3 is 11.7 Å². The number of urea groups is 1. The number of imide groups is 1. The van der Waals surface area contributed by atoms with Crippen molar-refractivity contribution in [3.05, 3.63) is 45.3 Å². The molecule has 0 N–H and O–H groups in total. The topological polar surface area (TPSA) is 70.8 Å². The number of amides is 3. The van der Waals surface area contributed by atoms with Crippen molar-refractivity contribution in [3.63, 3.8) is 0 Å². The van der Waals surface area contributed by atoms with Gasteiger partial charge in [-0.1, -0.05) is 0 Å². The Bertz CT molecular complexity index is 853. The molecule has 1 aromatic carbocycles. The van der Waals surface area contributed by atoms with Gasteiger partial charge in [0.15, 0.2) is 0 Å². The third kappa shape index (κ3) is 2.26. The van der Waals surface area contributed by atoms with Gasteiger partial charge in [0.25, 0.3) is 5.91 Å². The Labute approximate surface area is 126 Å². The van der Waals surface area contributed by atoms with E-state index < -0.39 is 5.63 Å². The fourth-order valence-electron chi connectivity index (χ4n) is 2.61. The fourth-order valence-corrected chi connectivity index (χ4v) is 2.61. The van der Waals surface area contributed by atoms with E-state index in [2.05, 4.69) is 0 Å². The van der Waals surface area contributed by atoms with Crippen LogP contribution in [0, 0.1) is 13.8 Å². The first-order valence-corrected chi connectivity index (χ1v) is 6.96. The number of benzene rings is 1. The monoisotopic (exact) mass is 300 g/mol. The van der Waals surface area contributed by atoms with Crippen LogP contribution >= 0.6 is 0 Å². The van der Waals surface area contributed by atoms with Crippen molar-refractivity contribution in [2.45, 2.75) is 20.4 Å². The molecule has 1 fully saturated rings. The zero-order valence-corrected chi connectivity index (χ0v) is 12.7. The van der Waals surface area contributed by atoms with Crippen LogP contribution in [0.15, 0.2) is 27.4 Å². The summed E-state index contributed by atoms with van der Waals surface area (Å²) in [4.78, 5) is 38.1. The van der Waals surface area contributed by atoms with E-state index in [0.29, 0.717) is 11.1 Å². The lowest BCUT2D eigenvalue weighted by Gasteiger charge is -2.15. The molecular weight excluding hydrogens is 284 g/mol. The highest BCUT2D eigenvalue weighted by atomic mass is 16.4. The molecular formula is C16H16N2O4. The summed E-state index contributed by atoms with van der Waals surface area (Å²) in [5, 5.41) is 0.748. The molecule has 0 spiro atoms. The smallest absolute Gasteiger partial charge is 0.336 e. The van der Waals surface area contributed by atoms with Gasteiger partial charge in [0, 0.05) is 18.5 Å². The minimum Gasteiger partial charge on any atom is -0.423 e. The maximum absolute atomic E-state index is 12.0. The molecule has 2 heterocycles. The highest BCUT2D eigenvalue weighted by Gasteiger charge is 2.33. The first kappa shape index (κ1) is 14.3. The second kappa shape index (κ2) is 4.98. The maximum atomic E-state index is 12.0. The highest BCUT2D eigenvalue weighted by molar-refractivity contribution is 6.02. The first-order valence-electron chi connectivity index (χ1n) is 6.96. The van der Waals surface area contributed by atoms with E-state index in [0.717, 1.165) is 21.4 Å². The first-order chi connectivity index (χ1) is 10.4. The summed E-state index contributed by atoms with van der Waals surface area (Å²) in [6.07, 6.45) is 0. The van der Waals surface area contributed by atoms with Gasteiger partial charge in [-0.3, -0.25) is 9.69 Å². The number of fused-ring (bicyclic) bond motifs is 1. The van der Waals surface area contributed by atoms with E-state index in [1.165, 1.54) is 11.0 Å². The predicted octanol–water partition coefficient (Wildman–Crippen LogP) is 1.80. The van der Waals surface area contributed by atoms with E-state index in [4.69, 9.17) is 4.42 Å². The molecule has 1 aromatic heterocycles.